The van der Waals surface area contributed by atoms with Crippen LogP contribution in [0.25, 0.3) is 21.8 Å². The molecule has 1 atom stereocenters. The van der Waals surface area contributed by atoms with Gasteiger partial charge in [-0.15, -0.1) is 0 Å². The zero-order valence-electron chi connectivity index (χ0n) is 23.4. The number of nitrogens with zero attached hydrogens (tertiary/aromatic N) is 4. The number of rotatable bonds is 5. The van der Waals surface area contributed by atoms with Gasteiger partial charge in [0.1, 0.15) is 11.4 Å². The minimum Gasteiger partial charge on any atom is -0.477 e. The van der Waals surface area contributed by atoms with E-state index in [0.29, 0.717) is 42.2 Å². The van der Waals surface area contributed by atoms with Crippen molar-refractivity contribution >= 4 is 51.0 Å². The van der Waals surface area contributed by atoms with Crippen LogP contribution >= 0.6 is 11.6 Å². The summed E-state index contributed by atoms with van der Waals surface area (Å²) >= 11 is 6.53. The lowest BCUT2D eigenvalue weighted by Crippen LogP contribution is -2.27. The van der Waals surface area contributed by atoms with Crippen molar-refractivity contribution in [3.8, 4) is 11.5 Å². The van der Waals surface area contributed by atoms with Crippen LogP contribution in [0.3, 0.4) is 0 Å². The number of fused-ring (bicyclic) bond motifs is 3. The molecule has 4 aromatic rings. The number of nitrogens with two attached hydrogens (primary N) is 1. The summed E-state index contributed by atoms with van der Waals surface area (Å²) in [4.78, 5) is 48.8. The first-order chi connectivity index (χ1) is 21.0. The minimum absolute atomic E-state index is 0.00143. The molecule has 230 valence electrons. The molecule has 2 aromatic heterocycles. The van der Waals surface area contributed by atoms with Gasteiger partial charge in [0.05, 0.1) is 32.5 Å². The number of anilines is 1. The lowest BCUT2D eigenvalue weighted by Gasteiger charge is -2.23. The Morgan fingerprint density at radius 1 is 1.07 bits per heavy atom. The van der Waals surface area contributed by atoms with E-state index in [1.165, 1.54) is 16.9 Å². The van der Waals surface area contributed by atoms with Gasteiger partial charge in [0.2, 0.25) is 23.3 Å². The van der Waals surface area contributed by atoms with Crippen molar-refractivity contribution in [1.82, 2.24) is 14.3 Å². The van der Waals surface area contributed by atoms with Crippen molar-refractivity contribution in [2.45, 2.75) is 44.8 Å². The van der Waals surface area contributed by atoms with E-state index in [1.807, 2.05) is 6.92 Å². The number of pyridine rings is 1. The summed E-state index contributed by atoms with van der Waals surface area (Å²) in [6.45, 7) is 3.42. The summed E-state index contributed by atoms with van der Waals surface area (Å²) < 4.78 is 28.4. The average molecular weight is 628 g/mol. The maximum absolute atomic E-state index is 14.8. The SMILES string of the molecule is CCn1nc(C(=O)O)c(=O)c2cc3c(cc21)OCO3.NC1CCN(c2c(F)cc3c(=O)c(C(=O)O)cn(C4CC4)c3c2Cl)C1. The number of aromatic carboxylic acids is 2. The van der Waals surface area contributed by atoms with Gasteiger partial charge in [0.25, 0.3) is 0 Å². The fraction of sp³-hybridized carbons (Fsp3) is 0.345. The molecular formula is C29H27ClFN5O8. The van der Waals surface area contributed by atoms with E-state index < -0.39 is 34.3 Å². The van der Waals surface area contributed by atoms with E-state index in [0.717, 1.165) is 25.3 Å². The predicted octanol–water partition coefficient (Wildman–Crippen LogP) is 3.21. The molecule has 4 N–H and O–H groups in total. The summed E-state index contributed by atoms with van der Waals surface area (Å²) in [6, 6.07) is 4.28. The van der Waals surface area contributed by atoms with Crippen LogP contribution in [0.5, 0.6) is 11.5 Å². The number of halogens is 2. The van der Waals surface area contributed by atoms with Gasteiger partial charge in [-0.1, -0.05) is 11.6 Å². The summed E-state index contributed by atoms with van der Waals surface area (Å²) in [7, 11) is 0. The number of aryl methyl sites for hydroxylation is 1. The van der Waals surface area contributed by atoms with Gasteiger partial charge in [-0.25, -0.2) is 14.0 Å². The standard InChI is InChI=1S/C17H17ClFN3O3.C12H10N2O5/c18-13-14-10(5-12(19)15(13)21-4-3-8(20)6-21)16(23)11(17(24)25)7-22(14)9-1-2-9;1-2-14-7-4-9-8(18-5-19-9)3-6(7)11(15)10(13-14)12(16)17/h5,7-9H,1-4,6,20H2,(H,24,25);3-4H,2,5H2,1H3,(H,16,17). The first-order valence-electron chi connectivity index (χ1n) is 13.9. The smallest absolute Gasteiger partial charge is 0.360 e. The molecule has 15 heteroatoms. The lowest BCUT2D eigenvalue weighted by atomic mass is 10.1. The second-order valence-corrected chi connectivity index (χ2v) is 11.1. The van der Waals surface area contributed by atoms with Crippen LogP contribution in [0.4, 0.5) is 10.1 Å². The van der Waals surface area contributed by atoms with Crippen LogP contribution < -0.4 is 31.0 Å². The summed E-state index contributed by atoms with van der Waals surface area (Å²) in [6.07, 6.45) is 3.80. The highest BCUT2D eigenvalue weighted by Crippen LogP contribution is 2.42. The van der Waals surface area contributed by atoms with Crippen LogP contribution in [-0.4, -0.2) is 62.4 Å². The topological polar surface area (TPSA) is 179 Å². The van der Waals surface area contributed by atoms with Crippen molar-refractivity contribution in [2.24, 2.45) is 5.73 Å². The molecule has 3 aliphatic rings. The molecule has 1 saturated carbocycles. The van der Waals surface area contributed by atoms with Crippen LogP contribution in [-0.2, 0) is 6.54 Å². The molecular weight excluding hydrogens is 601 g/mol. The molecule has 1 saturated heterocycles. The Morgan fingerprint density at radius 2 is 1.77 bits per heavy atom. The van der Waals surface area contributed by atoms with E-state index in [9.17, 15) is 28.7 Å². The van der Waals surface area contributed by atoms with Crippen molar-refractivity contribution in [1.29, 1.82) is 0 Å². The first kappa shape index (κ1) is 29.4. The Balaban J connectivity index is 0.000000162. The van der Waals surface area contributed by atoms with E-state index in [1.54, 1.807) is 15.5 Å². The van der Waals surface area contributed by atoms with Crippen LogP contribution in [0, 0.1) is 5.82 Å². The number of ether oxygens (including phenoxy) is 2. The van der Waals surface area contributed by atoms with Crippen molar-refractivity contribution in [3.05, 3.63) is 66.9 Å². The van der Waals surface area contributed by atoms with Gasteiger partial charge in [-0.05, 0) is 38.3 Å². The van der Waals surface area contributed by atoms with Gasteiger partial charge in [-0.3, -0.25) is 14.3 Å². The number of aromatic nitrogens is 3. The number of hydrogen-bond acceptors (Lipinski definition) is 9. The average Bonchev–Trinajstić information content (AvgIpc) is 3.57. The molecule has 0 radical (unpaired) electrons. The zero-order valence-corrected chi connectivity index (χ0v) is 24.1. The Kier molecular flexibility index (Phi) is 7.41. The van der Waals surface area contributed by atoms with E-state index >= 15 is 0 Å². The molecule has 7 rings (SSSR count). The molecule has 1 unspecified atom stereocenters. The fourth-order valence-electron chi connectivity index (χ4n) is 5.56. The molecule has 0 amide bonds. The Hall–Kier alpha value is -4.69. The van der Waals surface area contributed by atoms with Crippen molar-refractivity contribution < 1.29 is 33.7 Å². The molecule has 44 heavy (non-hydrogen) atoms. The Labute approximate surface area is 252 Å². The predicted molar refractivity (Wildman–Crippen MR) is 158 cm³/mol. The van der Waals surface area contributed by atoms with Gasteiger partial charge < -0.3 is 34.9 Å². The van der Waals surface area contributed by atoms with Gasteiger partial charge in [-0.2, -0.15) is 5.10 Å². The quantitative estimate of drug-likeness (QED) is 0.296. The third kappa shape index (κ3) is 4.99. The summed E-state index contributed by atoms with van der Waals surface area (Å²) in [5.41, 5.74) is 4.88. The summed E-state index contributed by atoms with van der Waals surface area (Å²) in [5, 5.41) is 22.6. The molecule has 2 fully saturated rings. The van der Waals surface area contributed by atoms with Gasteiger partial charge in [0, 0.05) is 44.0 Å². The molecule has 0 spiro atoms. The van der Waals surface area contributed by atoms with Crippen LogP contribution in [0.1, 0.15) is 53.1 Å². The van der Waals surface area contributed by atoms with E-state index in [-0.39, 0.29) is 45.9 Å². The zero-order chi connectivity index (χ0) is 31.4. The monoisotopic (exact) mass is 627 g/mol. The molecule has 1 aliphatic carbocycles. The van der Waals surface area contributed by atoms with Crippen LogP contribution in [0.2, 0.25) is 5.02 Å². The Morgan fingerprint density at radius 3 is 2.36 bits per heavy atom. The second-order valence-electron chi connectivity index (χ2n) is 10.7. The highest BCUT2D eigenvalue weighted by Gasteiger charge is 2.31. The number of hydrogen-bond donors (Lipinski definition) is 3. The molecule has 0 bridgehead atoms. The molecule has 4 heterocycles. The summed E-state index contributed by atoms with van der Waals surface area (Å²) in [5.74, 6) is -2.33. The minimum atomic E-state index is -1.34. The van der Waals surface area contributed by atoms with Crippen LogP contribution in [0.15, 0.2) is 34.0 Å². The number of carbonyl (C=O) groups is 2. The third-order valence-electron chi connectivity index (χ3n) is 7.85. The fourth-order valence-corrected chi connectivity index (χ4v) is 5.97. The number of carboxylic acids is 2. The van der Waals surface area contributed by atoms with Gasteiger partial charge in [0.15, 0.2) is 11.5 Å². The molecule has 2 aliphatic heterocycles. The third-order valence-corrected chi connectivity index (χ3v) is 8.20. The largest absolute Gasteiger partial charge is 0.477 e. The second kappa shape index (κ2) is 11.1. The Bertz CT molecular complexity index is 1990. The normalized spacial score (nSPS) is 17.2. The number of carboxylic acid groups (broad SMARTS) is 2. The number of benzene rings is 2. The lowest BCUT2D eigenvalue weighted by molar-refractivity contribution is 0.0679. The van der Waals surface area contributed by atoms with Crippen molar-refractivity contribution in [3.63, 3.8) is 0 Å². The van der Waals surface area contributed by atoms with Crippen molar-refractivity contribution in [2.75, 3.05) is 24.8 Å². The maximum atomic E-state index is 14.8. The highest BCUT2D eigenvalue weighted by atomic mass is 35.5. The highest BCUT2D eigenvalue weighted by molar-refractivity contribution is 6.38. The molecule has 13 nitrogen and oxygen atoms in total. The first-order valence-corrected chi connectivity index (χ1v) is 14.3. The van der Waals surface area contributed by atoms with E-state index in [2.05, 4.69) is 5.10 Å². The molecule has 2 aromatic carbocycles. The van der Waals surface area contributed by atoms with E-state index in [4.69, 9.17) is 31.9 Å². The maximum Gasteiger partial charge on any atom is 0.360 e. The van der Waals surface area contributed by atoms with Gasteiger partial charge >= 0.3 is 11.9 Å².